The van der Waals surface area contributed by atoms with E-state index >= 15 is 0 Å². The SMILES string of the molecule is CC/C(C)=N/Nc1nc2sc3c(c2c(=O)n1-c1ccc(OC)cc1)CCCC3. The average Bonchev–Trinajstić information content (AvgIpc) is 3.10. The Kier molecular flexibility index (Phi) is 5.17. The van der Waals surface area contributed by atoms with Crippen LogP contribution in [-0.4, -0.2) is 22.4 Å². The van der Waals surface area contributed by atoms with Gasteiger partial charge in [0, 0.05) is 10.6 Å². The topological polar surface area (TPSA) is 68.5 Å². The van der Waals surface area contributed by atoms with Crippen LogP contribution in [0.25, 0.3) is 15.9 Å². The number of rotatable bonds is 5. The number of nitrogens with one attached hydrogen (secondary N) is 1. The van der Waals surface area contributed by atoms with Crippen molar-refractivity contribution in [3.63, 3.8) is 0 Å². The molecule has 6 nitrogen and oxygen atoms in total. The maximum absolute atomic E-state index is 13.6. The highest BCUT2D eigenvalue weighted by Crippen LogP contribution is 2.34. The van der Waals surface area contributed by atoms with Crippen LogP contribution >= 0.6 is 11.3 Å². The highest BCUT2D eigenvalue weighted by Gasteiger charge is 2.22. The minimum Gasteiger partial charge on any atom is -0.497 e. The van der Waals surface area contributed by atoms with E-state index < -0.39 is 0 Å². The first kappa shape index (κ1) is 18.7. The van der Waals surface area contributed by atoms with Gasteiger partial charge < -0.3 is 4.74 Å². The number of hydrazone groups is 1. The van der Waals surface area contributed by atoms with Gasteiger partial charge in [-0.05, 0) is 68.9 Å². The van der Waals surface area contributed by atoms with E-state index in [1.807, 2.05) is 38.1 Å². The fourth-order valence-corrected chi connectivity index (χ4v) is 4.73. The molecule has 0 saturated carbocycles. The molecule has 0 fully saturated rings. The molecule has 28 heavy (non-hydrogen) atoms. The monoisotopic (exact) mass is 396 g/mol. The van der Waals surface area contributed by atoms with E-state index in [9.17, 15) is 4.79 Å². The van der Waals surface area contributed by atoms with Crippen molar-refractivity contribution in [2.45, 2.75) is 46.0 Å². The summed E-state index contributed by atoms with van der Waals surface area (Å²) in [6.07, 6.45) is 5.12. The maximum atomic E-state index is 13.6. The van der Waals surface area contributed by atoms with Crippen LogP contribution in [0.3, 0.4) is 0 Å². The molecule has 146 valence electrons. The van der Waals surface area contributed by atoms with Gasteiger partial charge in [0.05, 0.1) is 18.2 Å². The minimum absolute atomic E-state index is 0.0404. The summed E-state index contributed by atoms with van der Waals surface area (Å²) in [4.78, 5) is 20.5. The number of benzene rings is 1. The van der Waals surface area contributed by atoms with Crippen molar-refractivity contribution in [3.8, 4) is 11.4 Å². The van der Waals surface area contributed by atoms with Gasteiger partial charge in [0.1, 0.15) is 10.6 Å². The zero-order valence-corrected chi connectivity index (χ0v) is 17.2. The molecule has 4 rings (SSSR count). The number of methoxy groups -OCH3 is 1. The molecule has 1 aliphatic carbocycles. The number of anilines is 1. The van der Waals surface area contributed by atoms with Gasteiger partial charge in [0.25, 0.3) is 5.56 Å². The standard InChI is InChI=1S/C21H24N4O2S/c1-4-13(2)23-24-21-22-19-18(16-7-5-6-8-17(16)28-19)20(26)25(21)14-9-11-15(27-3)12-10-14/h9-12H,4-8H2,1-3H3,(H,22,24)/b23-13+. The number of ether oxygens (including phenoxy) is 1. The maximum Gasteiger partial charge on any atom is 0.268 e. The summed E-state index contributed by atoms with van der Waals surface area (Å²) in [5, 5.41) is 5.15. The fraction of sp³-hybridized carbons (Fsp3) is 0.381. The number of fused-ring (bicyclic) bond motifs is 3. The molecule has 0 unspecified atom stereocenters. The van der Waals surface area contributed by atoms with Crippen molar-refractivity contribution in [2.75, 3.05) is 12.5 Å². The van der Waals surface area contributed by atoms with Gasteiger partial charge >= 0.3 is 0 Å². The zero-order valence-electron chi connectivity index (χ0n) is 16.4. The molecule has 1 aliphatic rings. The van der Waals surface area contributed by atoms with E-state index in [4.69, 9.17) is 9.72 Å². The summed E-state index contributed by atoms with van der Waals surface area (Å²) >= 11 is 1.65. The van der Waals surface area contributed by atoms with Gasteiger partial charge in [-0.25, -0.2) is 15.0 Å². The van der Waals surface area contributed by atoms with Crippen molar-refractivity contribution in [2.24, 2.45) is 5.10 Å². The molecule has 3 aromatic rings. The van der Waals surface area contributed by atoms with Crippen LogP contribution in [0, 0.1) is 0 Å². The number of aromatic nitrogens is 2. The third-order valence-corrected chi connectivity index (χ3v) is 6.36. The lowest BCUT2D eigenvalue weighted by atomic mass is 9.97. The first-order valence-corrected chi connectivity index (χ1v) is 10.4. The lowest BCUT2D eigenvalue weighted by molar-refractivity contribution is 0.414. The van der Waals surface area contributed by atoms with Gasteiger partial charge in [0.2, 0.25) is 5.95 Å². The number of hydrogen-bond acceptors (Lipinski definition) is 6. The van der Waals surface area contributed by atoms with Crippen LogP contribution < -0.4 is 15.7 Å². The smallest absolute Gasteiger partial charge is 0.268 e. The van der Waals surface area contributed by atoms with E-state index in [-0.39, 0.29) is 5.56 Å². The lowest BCUT2D eigenvalue weighted by Gasteiger charge is -2.14. The van der Waals surface area contributed by atoms with Crippen LogP contribution in [-0.2, 0) is 12.8 Å². The van der Waals surface area contributed by atoms with E-state index in [1.54, 1.807) is 23.0 Å². The largest absolute Gasteiger partial charge is 0.497 e. The van der Waals surface area contributed by atoms with E-state index in [0.29, 0.717) is 5.95 Å². The first-order chi connectivity index (χ1) is 13.6. The Bertz CT molecular complexity index is 1100. The minimum atomic E-state index is -0.0404. The van der Waals surface area contributed by atoms with Crippen molar-refractivity contribution >= 4 is 33.2 Å². The van der Waals surface area contributed by atoms with Crippen LogP contribution in [0.1, 0.15) is 43.6 Å². The Hall–Kier alpha value is -2.67. The Labute approximate surface area is 167 Å². The highest BCUT2D eigenvalue weighted by atomic mass is 32.1. The van der Waals surface area contributed by atoms with Gasteiger partial charge in [-0.2, -0.15) is 5.10 Å². The second kappa shape index (κ2) is 7.75. The summed E-state index contributed by atoms with van der Waals surface area (Å²) in [6.45, 7) is 3.99. The number of nitrogens with zero attached hydrogens (tertiary/aromatic N) is 3. The Morgan fingerprint density at radius 3 is 2.75 bits per heavy atom. The van der Waals surface area contributed by atoms with Crippen molar-refractivity contribution in [1.82, 2.24) is 9.55 Å². The molecule has 2 heterocycles. The van der Waals surface area contributed by atoms with E-state index in [0.717, 1.165) is 53.0 Å². The van der Waals surface area contributed by atoms with E-state index in [2.05, 4.69) is 10.5 Å². The van der Waals surface area contributed by atoms with E-state index in [1.165, 1.54) is 16.9 Å². The summed E-state index contributed by atoms with van der Waals surface area (Å²) in [5.41, 5.74) is 5.85. The number of hydrogen-bond donors (Lipinski definition) is 1. The summed E-state index contributed by atoms with van der Waals surface area (Å²) in [6, 6.07) is 7.43. The van der Waals surface area contributed by atoms with Gasteiger partial charge in [-0.3, -0.25) is 4.79 Å². The van der Waals surface area contributed by atoms with Crippen molar-refractivity contribution in [1.29, 1.82) is 0 Å². The third-order valence-electron chi connectivity index (χ3n) is 5.18. The van der Waals surface area contributed by atoms with Crippen LogP contribution in [0.2, 0.25) is 0 Å². The second-order valence-corrected chi connectivity index (χ2v) is 8.06. The molecule has 0 atom stereocenters. The predicted molar refractivity (Wildman–Crippen MR) is 115 cm³/mol. The lowest BCUT2D eigenvalue weighted by Crippen LogP contribution is -2.23. The van der Waals surface area contributed by atoms with Crippen LogP contribution in [0.4, 0.5) is 5.95 Å². The third kappa shape index (κ3) is 3.30. The molecule has 1 N–H and O–H groups in total. The molecule has 0 aliphatic heterocycles. The molecule has 0 amide bonds. The fourth-order valence-electron chi connectivity index (χ4n) is 3.48. The van der Waals surface area contributed by atoms with Gasteiger partial charge in [0.15, 0.2) is 0 Å². The summed E-state index contributed by atoms with van der Waals surface area (Å²) in [5.74, 6) is 1.18. The molecule has 7 heteroatoms. The Morgan fingerprint density at radius 1 is 1.29 bits per heavy atom. The first-order valence-electron chi connectivity index (χ1n) is 9.63. The quantitative estimate of drug-likeness (QED) is 0.508. The van der Waals surface area contributed by atoms with Crippen molar-refractivity contribution in [3.05, 3.63) is 45.1 Å². The molecule has 0 bridgehead atoms. The summed E-state index contributed by atoms with van der Waals surface area (Å²) in [7, 11) is 1.63. The molecule has 2 aromatic heterocycles. The molecule has 0 saturated heterocycles. The molecule has 0 spiro atoms. The van der Waals surface area contributed by atoms with Crippen molar-refractivity contribution < 1.29 is 4.74 Å². The second-order valence-electron chi connectivity index (χ2n) is 6.98. The van der Waals surface area contributed by atoms with Crippen LogP contribution in [0.15, 0.2) is 34.2 Å². The van der Waals surface area contributed by atoms with Gasteiger partial charge in [-0.15, -0.1) is 11.3 Å². The zero-order chi connectivity index (χ0) is 19.7. The normalized spacial score (nSPS) is 14.2. The Morgan fingerprint density at radius 2 is 2.04 bits per heavy atom. The molecular formula is C21H24N4O2S. The molecule has 0 radical (unpaired) electrons. The number of thiophene rings is 1. The molecular weight excluding hydrogens is 372 g/mol. The summed E-state index contributed by atoms with van der Waals surface area (Å²) < 4.78 is 6.87. The number of aryl methyl sites for hydroxylation is 2. The highest BCUT2D eigenvalue weighted by molar-refractivity contribution is 7.18. The van der Waals surface area contributed by atoms with Gasteiger partial charge in [-0.1, -0.05) is 6.92 Å². The molecule has 1 aromatic carbocycles. The predicted octanol–water partition coefficient (Wildman–Crippen LogP) is 4.53. The Balaban J connectivity index is 1.94. The van der Waals surface area contributed by atoms with Crippen LogP contribution in [0.5, 0.6) is 5.75 Å². The average molecular weight is 397 g/mol.